The van der Waals surface area contributed by atoms with Crippen molar-refractivity contribution in [1.29, 1.82) is 0 Å². The van der Waals surface area contributed by atoms with E-state index in [2.05, 4.69) is 18.9 Å². The van der Waals surface area contributed by atoms with Crippen LogP contribution < -0.4 is 0 Å². The second kappa shape index (κ2) is 10.2. The molecule has 1 heterocycles. The number of hydrogen-bond acceptors (Lipinski definition) is 4. The maximum atomic E-state index is 12.4. The molecule has 1 aromatic carbocycles. The van der Waals surface area contributed by atoms with E-state index in [-0.39, 0.29) is 24.1 Å². The molecule has 1 aliphatic heterocycles. The molecule has 1 aromatic rings. The molecule has 0 saturated carbocycles. The Hall–Kier alpha value is -1.43. The van der Waals surface area contributed by atoms with Gasteiger partial charge in [-0.05, 0) is 55.9 Å². The molecular formula is C21H30O4SSi. The summed E-state index contributed by atoms with van der Waals surface area (Å²) in [7, 11) is -2.58. The highest BCUT2D eigenvalue weighted by Gasteiger charge is 2.30. The average molecular weight is 407 g/mol. The first-order chi connectivity index (χ1) is 12.9. The van der Waals surface area contributed by atoms with E-state index in [9.17, 15) is 8.42 Å². The summed E-state index contributed by atoms with van der Waals surface area (Å²) in [4.78, 5) is 0.371. The first-order valence-electron chi connectivity index (χ1n) is 9.35. The van der Waals surface area contributed by atoms with Crippen LogP contribution in [0.15, 0.2) is 65.3 Å². The summed E-state index contributed by atoms with van der Waals surface area (Å²) in [6.45, 7) is 9.82. The molecule has 1 unspecified atom stereocenters. The van der Waals surface area contributed by atoms with Crippen molar-refractivity contribution < 1.29 is 17.6 Å². The molecule has 0 spiro atoms. The van der Waals surface area contributed by atoms with Crippen LogP contribution in [0.1, 0.15) is 39.0 Å². The minimum Gasteiger partial charge on any atom is -0.425 e. The lowest BCUT2D eigenvalue weighted by atomic mass is 10.00. The molecule has 0 amide bonds. The smallest absolute Gasteiger partial charge is 0.178 e. The van der Waals surface area contributed by atoms with Crippen molar-refractivity contribution in [2.45, 2.75) is 62.2 Å². The van der Waals surface area contributed by atoms with Gasteiger partial charge >= 0.3 is 0 Å². The molecule has 0 radical (unpaired) electrons. The monoisotopic (exact) mass is 406 g/mol. The topological polar surface area (TPSA) is 52.6 Å². The quantitative estimate of drug-likeness (QED) is 0.340. The van der Waals surface area contributed by atoms with Crippen molar-refractivity contribution in [2.24, 2.45) is 0 Å². The summed E-state index contributed by atoms with van der Waals surface area (Å²) < 4.78 is 36.6. The lowest BCUT2D eigenvalue weighted by molar-refractivity contribution is 0.0394. The van der Waals surface area contributed by atoms with E-state index in [4.69, 9.17) is 9.16 Å². The zero-order valence-corrected chi connectivity index (χ0v) is 19.1. The Morgan fingerprint density at radius 2 is 2.07 bits per heavy atom. The van der Waals surface area contributed by atoms with Crippen LogP contribution in [-0.2, 0) is 19.0 Å². The highest BCUT2D eigenvalue weighted by molar-refractivity contribution is 7.91. The van der Waals surface area contributed by atoms with Crippen molar-refractivity contribution in [3.8, 4) is 0 Å². The van der Waals surface area contributed by atoms with Crippen LogP contribution in [0.4, 0.5) is 0 Å². The van der Waals surface area contributed by atoms with Crippen molar-refractivity contribution in [2.75, 3.05) is 5.75 Å². The minimum atomic E-state index is -3.27. The normalized spacial score (nSPS) is 21.1. The van der Waals surface area contributed by atoms with Crippen LogP contribution in [-0.4, -0.2) is 43.0 Å². The Balaban J connectivity index is 1.83. The van der Waals surface area contributed by atoms with E-state index in [1.165, 1.54) is 0 Å². The van der Waals surface area contributed by atoms with Crippen molar-refractivity contribution in [1.82, 2.24) is 0 Å². The SMILES string of the molecule is C=C=C(C)CC(CC[C@@H]1O[C@@H](CCS(=O)(=O)c2ccccc2)CC1=C)O[SiH3]. The largest absolute Gasteiger partial charge is 0.425 e. The highest BCUT2D eigenvalue weighted by Crippen LogP contribution is 2.31. The van der Waals surface area contributed by atoms with Crippen LogP contribution in [0, 0.1) is 0 Å². The Kier molecular flexibility index (Phi) is 8.26. The Morgan fingerprint density at radius 3 is 2.70 bits per heavy atom. The van der Waals surface area contributed by atoms with Gasteiger partial charge in [-0.15, -0.1) is 5.73 Å². The second-order valence-corrected chi connectivity index (χ2v) is 9.71. The van der Waals surface area contributed by atoms with Crippen molar-refractivity contribution >= 4 is 20.3 Å². The highest BCUT2D eigenvalue weighted by atomic mass is 32.2. The molecule has 0 bridgehead atoms. The van der Waals surface area contributed by atoms with E-state index >= 15 is 0 Å². The summed E-state index contributed by atoms with van der Waals surface area (Å²) in [6.07, 6.45) is 3.87. The molecule has 4 nitrogen and oxygen atoms in total. The lowest BCUT2D eigenvalue weighted by Crippen LogP contribution is -2.19. The summed E-state index contributed by atoms with van der Waals surface area (Å²) in [5.41, 5.74) is 5.07. The van der Waals surface area contributed by atoms with Crippen molar-refractivity contribution in [3.05, 3.63) is 60.4 Å². The predicted octanol–water partition coefficient (Wildman–Crippen LogP) is 3.13. The summed E-state index contributed by atoms with van der Waals surface area (Å²) >= 11 is 0. The summed E-state index contributed by atoms with van der Waals surface area (Å²) in [5, 5.41) is 0. The third-order valence-corrected chi connectivity index (χ3v) is 7.46. The third-order valence-electron chi connectivity index (χ3n) is 5.03. The molecule has 1 fully saturated rings. The molecule has 0 aliphatic carbocycles. The van der Waals surface area contributed by atoms with E-state index in [0.29, 0.717) is 21.8 Å². The molecule has 0 aromatic heterocycles. The molecule has 0 N–H and O–H groups in total. The van der Waals surface area contributed by atoms with Crippen LogP contribution in [0.2, 0.25) is 0 Å². The van der Waals surface area contributed by atoms with Crippen LogP contribution in [0.5, 0.6) is 0 Å². The van der Waals surface area contributed by atoms with Gasteiger partial charge in [-0.3, -0.25) is 0 Å². The number of sulfone groups is 1. The molecule has 148 valence electrons. The number of hydrogen-bond donors (Lipinski definition) is 0. The first kappa shape index (κ1) is 21.9. The maximum Gasteiger partial charge on any atom is 0.178 e. The predicted molar refractivity (Wildman–Crippen MR) is 113 cm³/mol. The fraction of sp³-hybridized carbons (Fsp3) is 0.476. The third kappa shape index (κ3) is 6.59. The fourth-order valence-electron chi connectivity index (χ4n) is 3.33. The van der Waals surface area contributed by atoms with Gasteiger partial charge in [-0.2, -0.15) is 0 Å². The summed E-state index contributed by atoms with van der Waals surface area (Å²) in [6, 6.07) is 8.58. The second-order valence-electron chi connectivity index (χ2n) is 7.13. The minimum absolute atomic E-state index is 0.0123. The van der Waals surface area contributed by atoms with Crippen LogP contribution >= 0.6 is 0 Å². The van der Waals surface area contributed by atoms with Gasteiger partial charge in [0.25, 0.3) is 0 Å². The van der Waals surface area contributed by atoms with Gasteiger partial charge in [0, 0.05) is 12.5 Å². The molecule has 27 heavy (non-hydrogen) atoms. The molecule has 1 saturated heterocycles. The van der Waals surface area contributed by atoms with Crippen molar-refractivity contribution in [3.63, 3.8) is 0 Å². The maximum absolute atomic E-state index is 12.4. The van der Waals surface area contributed by atoms with E-state index in [1.807, 2.05) is 13.0 Å². The fourth-order valence-corrected chi connectivity index (χ4v) is 5.11. The standard InChI is InChI=1S/C21H30O4SSi/c1-4-16(2)14-19(25-27)10-11-21-17(3)15-18(24-21)12-13-26(22,23)20-8-6-5-7-9-20/h5-9,18-19,21H,1,3,10-15H2,2,27H3/t18-,19?,21-/m0/s1. The zero-order chi connectivity index (χ0) is 19.9. The Labute approximate surface area is 166 Å². The molecule has 2 rings (SSSR count). The zero-order valence-electron chi connectivity index (χ0n) is 16.3. The van der Waals surface area contributed by atoms with Gasteiger partial charge < -0.3 is 9.16 Å². The lowest BCUT2D eigenvalue weighted by Gasteiger charge is -2.19. The van der Waals surface area contributed by atoms with Gasteiger partial charge in [0.1, 0.15) is 10.5 Å². The van der Waals surface area contributed by atoms with Gasteiger partial charge in [0.05, 0.1) is 22.9 Å². The first-order valence-corrected chi connectivity index (χ1v) is 11.8. The van der Waals surface area contributed by atoms with Gasteiger partial charge in [-0.25, -0.2) is 8.42 Å². The number of benzene rings is 1. The van der Waals surface area contributed by atoms with E-state index in [1.54, 1.807) is 24.3 Å². The molecular weight excluding hydrogens is 376 g/mol. The molecule has 3 atom stereocenters. The number of ether oxygens (including phenoxy) is 1. The van der Waals surface area contributed by atoms with Gasteiger partial charge in [0.15, 0.2) is 9.84 Å². The summed E-state index contributed by atoms with van der Waals surface area (Å²) in [5.74, 6) is 0.0945. The average Bonchev–Trinajstić information content (AvgIpc) is 3.03. The molecule has 1 aliphatic rings. The number of rotatable bonds is 10. The van der Waals surface area contributed by atoms with Gasteiger partial charge in [0.2, 0.25) is 0 Å². The Morgan fingerprint density at radius 1 is 1.37 bits per heavy atom. The van der Waals surface area contributed by atoms with E-state index < -0.39 is 9.84 Å². The van der Waals surface area contributed by atoms with Crippen LogP contribution in [0.25, 0.3) is 0 Å². The van der Waals surface area contributed by atoms with Gasteiger partial charge in [-0.1, -0.05) is 31.4 Å². The Bertz CT molecular complexity index is 782. The van der Waals surface area contributed by atoms with Crippen LogP contribution in [0.3, 0.4) is 0 Å². The van der Waals surface area contributed by atoms with E-state index in [0.717, 1.165) is 36.8 Å². The molecule has 6 heteroatoms.